The smallest absolute Gasteiger partial charge is 0.287 e. The summed E-state index contributed by atoms with van der Waals surface area (Å²) >= 11 is 0. The second-order valence-electron chi connectivity index (χ2n) is 5.01. The van der Waals surface area contributed by atoms with E-state index in [2.05, 4.69) is 10.4 Å². The Morgan fingerprint density at radius 1 is 1.50 bits per heavy atom. The summed E-state index contributed by atoms with van der Waals surface area (Å²) in [5.41, 5.74) is 5.92. The van der Waals surface area contributed by atoms with Crippen molar-refractivity contribution < 1.29 is 4.79 Å². The second kappa shape index (κ2) is 5.39. The number of hydrogen-bond acceptors (Lipinski definition) is 3. The Labute approximate surface area is 106 Å². The standard InChI is InChI=1S/C12H20N4O2/c1-16-7-9(11(17)15-16)14-12(18)10(13)8-5-3-2-4-6-8/h7-8,10H,2-6,13H2,1H3,(H,14,18)(H,15,17)/t10-/m0/s1. The molecule has 6 nitrogen and oxygen atoms in total. The molecule has 0 radical (unpaired) electrons. The number of carbonyl (C=O) groups is 1. The van der Waals surface area contributed by atoms with Crippen LogP contribution in [0.1, 0.15) is 32.1 Å². The van der Waals surface area contributed by atoms with Gasteiger partial charge in [-0.2, -0.15) is 0 Å². The summed E-state index contributed by atoms with van der Waals surface area (Å²) in [6.45, 7) is 0. The molecule has 1 saturated carbocycles. The topological polar surface area (TPSA) is 92.9 Å². The van der Waals surface area contributed by atoms with Gasteiger partial charge in [0.25, 0.3) is 5.56 Å². The minimum absolute atomic E-state index is 0.238. The van der Waals surface area contributed by atoms with Gasteiger partial charge in [0.1, 0.15) is 5.69 Å². The zero-order chi connectivity index (χ0) is 13.1. The zero-order valence-electron chi connectivity index (χ0n) is 10.6. The van der Waals surface area contributed by atoms with Gasteiger partial charge in [-0.05, 0) is 18.8 Å². The van der Waals surface area contributed by atoms with Crippen LogP contribution in [0.4, 0.5) is 5.69 Å². The number of nitrogens with one attached hydrogen (secondary N) is 2. The van der Waals surface area contributed by atoms with Gasteiger partial charge in [-0.1, -0.05) is 19.3 Å². The van der Waals surface area contributed by atoms with E-state index in [1.807, 2.05) is 0 Å². The van der Waals surface area contributed by atoms with Gasteiger partial charge in [0.2, 0.25) is 5.91 Å². The molecule has 1 amide bonds. The van der Waals surface area contributed by atoms with Crippen molar-refractivity contribution in [3.05, 3.63) is 16.6 Å². The number of aromatic amines is 1. The highest BCUT2D eigenvalue weighted by atomic mass is 16.2. The van der Waals surface area contributed by atoms with Crippen molar-refractivity contribution in [2.24, 2.45) is 18.7 Å². The molecule has 1 aliphatic carbocycles. The maximum atomic E-state index is 12.0. The molecule has 1 aromatic heterocycles. The van der Waals surface area contributed by atoms with E-state index in [0.717, 1.165) is 25.7 Å². The quantitative estimate of drug-likeness (QED) is 0.733. The SMILES string of the molecule is Cn1cc(NC(=O)[C@@H](N)C2CCCCC2)c(=O)[nH]1. The van der Waals surface area contributed by atoms with Crippen LogP contribution in [0.5, 0.6) is 0 Å². The van der Waals surface area contributed by atoms with Gasteiger partial charge >= 0.3 is 0 Å². The lowest BCUT2D eigenvalue weighted by molar-refractivity contribution is -0.118. The number of hydrogen-bond donors (Lipinski definition) is 3. The summed E-state index contributed by atoms with van der Waals surface area (Å²) in [6.07, 6.45) is 7.05. The summed E-state index contributed by atoms with van der Waals surface area (Å²) in [4.78, 5) is 23.4. The monoisotopic (exact) mass is 252 g/mol. The first kappa shape index (κ1) is 12.9. The van der Waals surface area contributed by atoms with Gasteiger partial charge in [-0.3, -0.25) is 19.4 Å². The first-order chi connectivity index (χ1) is 8.58. The van der Waals surface area contributed by atoms with Gasteiger partial charge in [0.15, 0.2) is 0 Å². The Kier molecular flexibility index (Phi) is 3.86. The van der Waals surface area contributed by atoms with Crippen LogP contribution >= 0.6 is 0 Å². The predicted octanol–water partition coefficient (Wildman–Crippen LogP) is 0.559. The lowest BCUT2D eigenvalue weighted by atomic mass is 9.84. The minimum Gasteiger partial charge on any atom is -0.320 e. The number of nitrogens with zero attached hydrogens (tertiary/aromatic N) is 1. The third kappa shape index (κ3) is 2.81. The van der Waals surface area contributed by atoms with E-state index in [9.17, 15) is 9.59 Å². The Hall–Kier alpha value is -1.56. The van der Waals surface area contributed by atoms with Crippen LogP contribution in [0.25, 0.3) is 0 Å². The van der Waals surface area contributed by atoms with E-state index >= 15 is 0 Å². The van der Waals surface area contributed by atoms with E-state index in [0.29, 0.717) is 0 Å². The van der Waals surface area contributed by atoms with Crippen molar-refractivity contribution in [2.45, 2.75) is 38.1 Å². The number of aromatic nitrogens is 2. The number of rotatable bonds is 3. The molecule has 0 spiro atoms. The zero-order valence-corrected chi connectivity index (χ0v) is 10.6. The van der Waals surface area contributed by atoms with Crippen LogP contribution < -0.4 is 16.6 Å². The normalized spacial score (nSPS) is 18.6. The molecule has 1 atom stereocenters. The van der Waals surface area contributed by atoms with Crippen molar-refractivity contribution in [3.63, 3.8) is 0 Å². The average molecular weight is 252 g/mol. The molecule has 0 aliphatic heterocycles. The number of anilines is 1. The van der Waals surface area contributed by atoms with Gasteiger partial charge in [-0.25, -0.2) is 0 Å². The molecule has 2 rings (SSSR count). The third-order valence-corrected chi connectivity index (χ3v) is 3.56. The maximum absolute atomic E-state index is 12.0. The van der Waals surface area contributed by atoms with E-state index < -0.39 is 6.04 Å². The summed E-state index contributed by atoms with van der Waals surface area (Å²) in [6, 6.07) is -0.523. The highest BCUT2D eigenvalue weighted by Gasteiger charge is 2.26. The second-order valence-corrected chi connectivity index (χ2v) is 5.01. The molecule has 100 valence electrons. The fourth-order valence-corrected chi connectivity index (χ4v) is 2.52. The van der Waals surface area contributed by atoms with Gasteiger partial charge < -0.3 is 11.1 Å². The summed E-state index contributed by atoms with van der Waals surface area (Å²) in [7, 11) is 1.69. The van der Waals surface area contributed by atoms with Crippen molar-refractivity contribution in [1.82, 2.24) is 9.78 Å². The van der Waals surface area contributed by atoms with Crippen LogP contribution in [-0.4, -0.2) is 21.7 Å². The molecular weight excluding hydrogens is 232 g/mol. The summed E-state index contributed by atoms with van der Waals surface area (Å²) in [5, 5.41) is 5.14. The Morgan fingerprint density at radius 3 is 2.72 bits per heavy atom. The van der Waals surface area contributed by atoms with Crippen LogP contribution in [0.3, 0.4) is 0 Å². The minimum atomic E-state index is -0.523. The number of H-pyrrole nitrogens is 1. The van der Waals surface area contributed by atoms with E-state index in [-0.39, 0.29) is 23.1 Å². The van der Waals surface area contributed by atoms with E-state index in [1.54, 1.807) is 13.2 Å². The van der Waals surface area contributed by atoms with E-state index in [4.69, 9.17) is 5.73 Å². The average Bonchev–Trinajstić information content (AvgIpc) is 2.68. The van der Waals surface area contributed by atoms with Gasteiger partial charge in [0, 0.05) is 7.05 Å². The van der Waals surface area contributed by atoms with Crippen LogP contribution in [0.15, 0.2) is 11.0 Å². The molecule has 1 heterocycles. The molecule has 18 heavy (non-hydrogen) atoms. The highest BCUT2D eigenvalue weighted by Crippen LogP contribution is 2.25. The van der Waals surface area contributed by atoms with Gasteiger partial charge in [0.05, 0.1) is 12.2 Å². The summed E-state index contributed by atoms with van der Waals surface area (Å²) < 4.78 is 1.50. The first-order valence-electron chi connectivity index (χ1n) is 6.40. The molecule has 0 unspecified atom stereocenters. The number of amides is 1. The summed E-state index contributed by atoms with van der Waals surface area (Å²) in [5.74, 6) is -0.0276. The third-order valence-electron chi connectivity index (χ3n) is 3.56. The van der Waals surface area contributed by atoms with Crippen LogP contribution in [0.2, 0.25) is 0 Å². The molecule has 1 aliphatic rings. The van der Waals surface area contributed by atoms with E-state index in [1.165, 1.54) is 11.1 Å². The Morgan fingerprint density at radius 2 is 2.17 bits per heavy atom. The molecule has 0 aromatic carbocycles. The van der Waals surface area contributed by atoms with Crippen molar-refractivity contribution in [3.8, 4) is 0 Å². The molecule has 0 saturated heterocycles. The predicted molar refractivity (Wildman–Crippen MR) is 69.2 cm³/mol. The Balaban J connectivity index is 1.98. The molecule has 4 N–H and O–H groups in total. The molecule has 1 fully saturated rings. The van der Waals surface area contributed by atoms with Gasteiger partial charge in [-0.15, -0.1) is 0 Å². The molecular formula is C12H20N4O2. The fraction of sp³-hybridized carbons (Fsp3) is 0.667. The van der Waals surface area contributed by atoms with Crippen molar-refractivity contribution >= 4 is 11.6 Å². The molecule has 1 aromatic rings. The highest BCUT2D eigenvalue weighted by molar-refractivity contribution is 5.94. The number of aryl methyl sites for hydroxylation is 1. The Bertz CT molecular complexity index is 471. The number of carbonyl (C=O) groups excluding carboxylic acids is 1. The lowest BCUT2D eigenvalue weighted by Gasteiger charge is -2.26. The van der Waals surface area contributed by atoms with Crippen LogP contribution in [-0.2, 0) is 11.8 Å². The van der Waals surface area contributed by atoms with Crippen molar-refractivity contribution in [1.29, 1.82) is 0 Å². The largest absolute Gasteiger partial charge is 0.320 e. The lowest BCUT2D eigenvalue weighted by Crippen LogP contribution is -2.43. The molecule has 0 bridgehead atoms. The fourth-order valence-electron chi connectivity index (χ4n) is 2.52. The van der Waals surface area contributed by atoms with Crippen LogP contribution in [0, 0.1) is 5.92 Å². The molecule has 6 heteroatoms. The number of nitrogens with two attached hydrogens (primary N) is 1. The maximum Gasteiger partial charge on any atom is 0.287 e. The first-order valence-corrected chi connectivity index (χ1v) is 6.40. The van der Waals surface area contributed by atoms with Crippen molar-refractivity contribution in [2.75, 3.05) is 5.32 Å².